The maximum atomic E-state index is 9.13. The van der Waals surface area contributed by atoms with Crippen LogP contribution in [0.4, 0.5) is 5.69 Å². The van der Waals surface area contributed by atoms with Crippen LogP contribution in [-0.4, -0.2) is 31.9 Å². The van der Waals surface area contributed by atoms with E-state index < -0.39 is 0 Å². The van der Waals surface area contributed by atoms with Crippen molar-refractivity contribution in [2.45, 2.75) is 38.3 Å². The Bertz CT molecular complexity index is 367. The molecule has 2 rings (SSSR count). The van der Waals surface area contributed by atoms with Gasteiger partial charge < -0.3 is 15.3 Å². The SMILES string of the molecule is CN(C)c1ccc(CNC2CCC(CO)CC2)cc1. The molecule has 0 saturated heterocycles. The number of aliphatic hydroxyl groups is 1. The van der Waals surface area contributed by atoms with Crippen LogP contribution in [0.15, 0.2) is 24.3 Å². The summed E-state index contributed by atoms with van der Waals surface area (Å²) in [6.45, 7) is 1.31. The molecule has 1 aliphatic carbocycles. The first-order valence-corrected chi connectivity index (χ1v) is 7.29. The molecular weight excluding hydrogens is 236 g/mol. The van der Waals surface area contributed by atoms with Crippen molar-refractivity contribution in [3.8, 4) is 0 Å². The first-order chi connectivity index (χ1) is 9.19. The smallest absolute Gasteiger partial charge is 0.0459 e. The molecule has 0 aromatic heterocycles. The minimum atomic E-state index is 0.360. The van der Waals surface area contributed by atoms with Crippen molar-refractivity contribution in [2.75, 3.05) is 25.6 Å². The summed E-state index contributed by atoms with van der Waals surface area (Å²) < 4.78 is 0. The molecular formula is C16H26N2O. The lowest BCUT2D eigenvalue weighted by atomic mass is 9.86. The summed E-state index contributed by atoms with van der Waals surface area (Å²) in [6, 6.07) is 9.35. The first kappa shape index (κ1) is 14.4. The molecule has 1 saturated carbocycles. The van der Waals surface area contributed by atoms with Crippen molar-refractivity contribution in [1.29, 1.82) is 0 Å². The van der Waals surface area contributed by atoms with E-state index in [0.29, 0.717) is 18.6 Å². The van der Waals surface area contributed by atoms with Gasteiger partial charge in [-0.05, 0) is 49.3 Å². The molecule has 0 spiro atoms. The average Bonchev–Trinajstić information content (AvgIpc) is 2.46. The Balaban J connectivity index is 1.76. The number of rotatable bonds is 5. The monoisotopic (exact) mass is 262 g/mol. The van der Waals surface area contributed by atoms with Crippen molar-refractivity contribution >= 4 is 5.69 Å². The molecule has 2 N–H and O–H groups in total. The number of benzene rings is 1. The van der Waals surface area contributed by atoms with Gasteiger partial charge in [0.15, 0.2) is 0 Å². The van der Waals surface area contributed by atoms with Crippen LogP contribution in [0.2, 0.25) is 0 Å². The number of anilines is 1. The van der Waals surface area contributed by atoms with Crippen molar-refractivity contribution in [3.05, 3.63) is 29.8 Å². The predicted octanol–water partition coefficient (Wildman–Crippen LogP) is 2.39. The summed E-state index contributed by atoms with van der Waals surface area (Å²) in [5, 5.41) is 12.8. The van der Waals surface area contributed by atoms with Gasteiger partial charge in [0.2, 0.25) is 0 Å². The number of nitrogens with zero attached hydrogens (tertiary/aromatic N) is 1. The fourth-order valence-electron chi connectivity index (χ4n) is 2.72. The third-order valence-corrected chi connectivity index (χ3v) is 4.15. The van der Waals surface area contributed by atoms with Gasteiger partial charge in [-0.15, -0.1) is 0 Å². The molecule has 1 aromatic rings. The number of hydrogen-bond acceptors (Lipinski definition) is 3. The van der Waals surface area contributed by atoms with Crippen LogP contribution in [0.1, 0.15) is 31.2 Å². The maximum Gasteiger partial charge on any atom is 0.0459 e. The summed E-state index contributed by atoms with van der Waals surface area (Å²) in [4.78, 5) is 2.12. The highest BCUT2D eigenvalue weighted by molar-refractivity contribution is 5.45. The first-order valence-electron chi connectivity index (χ1n) is 7.29. The van der Waals surface area contributed by atoms with Crippen LogP contribution >= 0.6 is 0 Å². The zero-order valence-corrected chi connectivity index (χ0v) is 12.1. The number of nitrogens with one attached hydrogen (secondary N) is 1. The predicted molar refractivity (Wildman–Crippen MR) is 80.4 cm³/mol. The summed E-state index contributed by atoms with van der Waals surface area (Å²) >= 11 is 0. The Morgan fingerprint density at radius 2 is 1.74 bits per heavy atom. The van der Waals surface area contributed by atoms with E-state index in [1.165, 1.54) is 24.1 Å². The third-order valence-electron chi connectivity index (χ3n) is 4.15. The highest BCUT2D eigenvalue weighted by atomic mass is 16.3. The van der Waals surface area contributed by atoms with Crippen molar-refractivity contribution in [1.82, 2.24) is 5.32 Å². The summed E-state index contributed by atoms with van der Waals surface area (Å²) in [7, 11) is 4.12. The Kier molecular flexibility index (Phi) is 5.23. The zero-order valence-electron chi connectivity index (χ0n) is 12.1. The van der Waals surface area contributed by atoms with Gasteiger partial charge >= 0.3 is 0 Å². The molecule has 1 aromatic carbocycles. The van der Waals surface area contributed by atoms with Gasteiger partial charge in [0, 0.05) is 39.0 Å². The van der Waals surface area contributed by atoms with Crippen LogP contribution < -0.4 is 10.2 Å². The lowest BCUT2D eigenvalue weighted by Crippen LogP contribution is -2.33. The van der Waals surface area contributed by atoms with E-state index in [9.17, 15) is 0 Å². The zero-order chi connectivity index (χ0) is 13.7. The normalized spacial score (nSPS) is 23.3. The molecule has 19 heavy (non-hydrogen) atoms. The second-order valence-electron chi connectivity index (χ2n) is 5.84. The van der Waals surface area contributed by atoms with E-state index >= 15 is 0 Å². The summed E-state index contributed by atoms with van der Waals surface area (Å²) in [5.41, 5.74) is 2.59. The van der Waals surface area contributed by atoms with Gasteiger partial charge in [0.05, 0.1) is 0 Å². The number of aliphatic hydroxyl groups excluding tert-OH is 1. The van der Waals surface area contributed by atoms with Gasteiger partial charge in [-0.1, -0.05) is 12.1 Å². The van der Waals surface area contributed by atoms with Crippen molar-refractivity contribution in [3.63, 3.8) is 0 Å². The maximum absolute atomic E-state index is 9.13. The van der Waals surface area contributed by atoms with Crippen LogP contribution in [0.5, 0.6) is 0 Å². The molecule has 0 unspecified atom stereocenters. The van der Waals surface area contributed by atoms with Crippen LogP contribution in [0, 0.1) is 5.92 Å². The molecule has 0 atom stereocenters. The Morgan fingerprint density at radius 1 is 1.11 bits per heavy atom. The van der Waals surface area contributed by atoms with Gasteiger partial charge in [0.25, 0.3) is 0 Å². The van der Waals surface area contributed by atoms with E-state index in [-0.39, 0.29) is 0 Å². The second-order valence-corrected chi connectivity index (χ2v) is 5.84. The lowest BCUT2D eigenvalue weighted by Gasteiger charge is -2.28. The van der Waals surface area contributed by atoms with Crippen LogP contribution in [-0.2, 0) is 6.54 Å². The van der Waals surface area contributed by atoms with E-state index in [1.807, 2.05) is 0 Å². The Morgan fingerprint density at radius 3 is 2.26 bits per heavy atom. The third kappa shape index (κ3) is 4.22. The van der Waals surface area contributed by atoms with Crippen molar-refractivity contribution in [2.24, 2.45) is 5.92 Å². The quantitative estimate of drug-likeness (QED) is 0.855. The molecule has 0 aliphatic heterocycles. The summed E-state index contributed by atoms with van der Waals surface area (Å²) in [5.74, 6) is 0.539. The van der Waals surface area contributed by atoms with E-state index in [0.717, 1.165) is 19.4 Å². The van der Waals surface area contributed by atoms with E-state index in [1.54, 1.807) is 0 Å². The second kappa shape index (κ2) is 6.92. The largest absolute Gasteiger partial charge is 0.396 e. The minimum Gasteiger partial charge on any atom is -0.396 e. The Labute approximate surface area is 116 Å². The van der Waals surface area contributed by atoms with Gasteiger partial charge in [0.1, 0.15) is 0 Å². The van der Waals surface area contributed by atoms with Crippen molar-refractivity contribution < 1.29 is 5.11 Å². The molecule has 3 nitrogen and oxygen atoms in total. The average molecular weight is 262 g/mol. The Hall–Kier alpha value is -1.06. The molecule has 1 aliphatic rings. The van der Waals surface area contributed by atoms with Crippen LogP contribution in [0.3, 0.4) is 0 Å². The van der Waals surface area contributed by atoms with E-state index in [4.69, 9.17) is 5.11 Å². The van der Waals surface area contributed by atoms with Crippen LogP contribution in [0.25, 0.3) is 0 Å². The standard InChI is InChI=1S/C16H26N2O/c1-18(2)16-9-5-13(6-10-16)11-17-15-7-3-14(12-19)4-8-15/h5-6,9-10,14-15,17,19H,3-4,7-8,11-12H2,1-2H3. The van der Waals surface area contributed by atoms with E-state index in [2.05, 4.69) is 48.6 Å². The minimum absolute atomic E-state index is 0.360. The fraction of sp³-hybridized carbons (Fsp3) is 0.625. The molecule has 0 bridgehead atoms. The topological polar surface area (TPSA) is 35.5 Å². The van der Waals surface area contributed by atoms with Gasteiger partial charge in [-0.3, -0.25) is 0 Å². The highest BCUT2D eigenvalue weighted by Gasteiger charge is 2.19. The molecule has 0 heterocycles. The molecule has 3 heteroatoms. The lowest BCUT2D eigenvalue weighted by molar-refractivity contribution is 0.175. The fourth-order valence-corrected chi connectivity index (χ4v) is 2.72. The molecule has 1 fully saturated rings. The van der Waals surface area contributed by atoms with Gasteiger partial charge in [-0.2, -0.15) is 0 Å². The number of hydrogen-bond donors (Lipinski definition) is 2. The highest BCUT2D eigenvalue weighted by Crippen LogP contribution is 2.24. The van der Waals surface area contributed by atoms with Gasteiger partial charge in [-0.25, -0.2) is 0 Å². The molecule has 0 amide bonds. The molecule has 0 radical (unpaired) electrons. The molecule has 106 valence electrons. The summed E-state index contributed by atoms with van der Waals surface area (Å²) in [6.07, 6.45) is 4.71.